The van der Waals surface area contributed by atoms with E-state index in [-0.39, 0.29) is 0 Å². The van der Waals surface area contributed by atoms with Gasteiger partial charge in [-0.15, -0.1) is 0 Å². The van der Waals surface area contributed by atoms with Crippen LogP contribution in [0.25, 0.3) is 0 Å². The smallest absolute Gasteiger partial charge is 0.0712 e. The predicted molar refractivity (Wildman–Crippen MR) is 68.7 cm³/mol. The topological polar surface area (TPSA) is 38.4 Å². The van der Waals surface area contributed by atoms with Crippen LogP contribution in [0.15, 0.2) is 66.0 Å². The van der Waals surface area contributed by atoms with Gasteiger partial charge < -0.3 is 5.73 Å². The second kappa shape index (κ2) is 8.75. The summed E-state index contributed by atoms with van der Waals surface area (Å²) in [5.74, 6) is 0. The van der Waals surface area contributed by atoms with Crippen molar-refractivity contribution >= 4 is 5.71 Å². The van der Waals surface area contributed by atoms with E-state index in [9.17, 15) is 0 Å². The average Bonchev–Trinajstić information content (AvgIpc) is 2.26. The molecule has 0 atom stereocenters. The zero-order valence-corrected chi connectivity index (χ0v) is 9.35. The SMILES string of the molecule is C=C\C=C/C(=C\N)C(/C=C\C)=N\C=C/C. The number of hydrogen-bond donors (Lipinski definition) is 1. The van der Waals surface area contributed by atoms with Crippen molar-refractivity contribution in [2.45, 2.75) is 13.8 Å². The zero-order valence-electron chi connectivity index (χ0n) is 9.35. The minimum absolute atomic E-state index is 0.830. The molecule has 0 amide bonds. The highest BCUT2D eigenvalue weighted by atomic mass is 14.7. The molecule has 0 saturated carbocycles. The predicted octanol–water partition coefficient (Wildman–Crippen LogP) is 3.12. The molecule has 2 N–H and O–H groups in total. The molecular weight excluding hydrogens is 184 g/mol. The maximum atomic E-state index is 5.53. The Labute approximate surface area is 91.9 Å². The second-order valence-electron chi connectivity index (χ2n) is 2.71. The Hall–Kier alpha value is -1.83. The molecule has 0 aromatic carbocycles. The van der Waals surface area contributed by atoms with Gasteiger partial charge in [0.2, 0.25) is 0 Å². The fraction of sp³-hybridized carbons (Fsp3) is 0.154. The highest BCUT2D eigenvalue weighted by Gasteiger charge is 1.97. The summed E-state index contributed by atoms with van der Waals surface area (Å²) in [6.07, 6.45) is 14.4. The van der Waals surface area contributed by atoms with Gasteiger partial charge in [-0.3, -0.25) is 4.99 Å². The van der Waals surface area contributed by atoms with Crippen LogP contribution in [0.1, 0.15) is 13.8 Å². The molecule has 0 fully saturated rings. The molecule has 0 spiro atoms. The summed E-state index contributed by atoms with van der Waals surface area (Å²) in [6, 6.07) is 0. The summed E-state index contributed by atoms with van der Waals surface area (Å²) in [7, 11) is 0. The van der Waals surface area contributed by atoms with Gasteiger partial charge in [0.05, 0.1) is 5.71 Å². The molecule has 0 saturated heterocycles. The summed E-state index contributed by atoms with van der Waals surface area (Å²) in [5, 5.41) is 0. The maximum absolute atomic E-state index is 5.53. The van der Waals surface area contributed by atoms with Gasteiger partial charge in [0.15, 0.2) is 0 Å². The molecule has 0 heterocycles. The number of hydrogen-bond acceptors (Lipinski definition) is 2. The van der Waals surface area contributed by atoms with Crippen LogP contribution < -0.4 is 5.73 Å². The number of nitrogens with zero attached hydrogens (tertiary/aromatic N) is 1. The van der Waals surface area contributed by atoms with E-state index in [0.717, 1.165) is 11.3 Å². The van der Waals surface area contributed by atoms with Crippen LogP contribution in [-0.2, 0) is 0 Å². The standard InChI is InChI=1S/C13H18N2/c1-4-7-9-12(11-14)13(8-5-2)15-10-6-3/h4-11H,1,14H2,2-3H3/b8-5-,9-7-,10-6-,12-11+,15-13-. The van der Waals surface area contributed by atoms with E-state index in [2.05, 4.69) is 11.6 Å². The van der Waals surface area contributed by atoms with Gasteiger partial charge in [0.1, 0.15) is 0 Å². The van der Waals surface area contributed by atoms with Crippen LogP contribution in [0.4, 0.5) is 0 Å². The molecule has 0 rings (SSSR count). The minimum Gasteiger partial charge on any atom is -0.404 e. The van der Waals surface area contributed by atoms with Crippen molar-refractivity contribution in [3.8, 4) is 0 Å². The van der Waals surface area contributed by atoms with Crippen molar-refractivity contribution in [2.24, 2.45) is 10.7 Å². The summed E-state index contributed by atoms with van der Waals surface area (Å²) >= 11 is 0. The summed E-state index contributed by atoms with van der Waals surface area (Å²) in [5.41, 5.74) is 7.23. The molecule has 0 aliphatic heterocycles. The Morgan fingerprint density at radius 1 is 1.20 bits per heavy atom. The molecule has 0 aromatic rings. The van der Waals surface area contributed by atoms with E-state index in [1.165, 1.54) is 6.20 Å². The molecular formula is C13H18N2. The fourth-order valence-electron chi connectivity index (χ4n) is 0.925. The van der Waals surface area contributed by atoms with Gasteiger partial charge in [-0.25, -0.2) is 0 Å². The summed E-state index contributed by atoms with van der Waals surface area (Å²) in [6.45, 7) is 7.47. The minimum atomic E-state index is 0.830. The summed E-state index contributed by atoms with van der Waals surface area (Å²) in [4.78, 5) is 4.27. The third-order valence-corrected chi connectivity index (χ3v) is 1.57. The molecule has 2 nitrogen and oxygen atoms in total. The highest BCUT2D eigenvalue weighted by molar-refractivity contribution is 6.10. The van der Waals surface area contributed by atoms with Crippen molar-refractivity contribution in [1.29, 1.82) is 0 Å². The lowest BCUT2D eigenvalue weighted by molar-refractivity contribution is 1.48. The Kier molecular flexibility index (Phi) is 7.69. The van der Waals surface area contributed by atoms with Crippen LogP contribution in [0, 0.1) is 0 Å². The van der Waals surface area contributed by atoms with Crippen molar-refractivity contribution in [3.63, 3.8) is 0 Å². The Balaban J connectivity index is 5.04. The van der Waals surface area contributed by atoms with Crippen molar-refractivity contribution in [3.05, 3.63) is 61.0 Å². The molecule has 0 aromatic heterocycles. The molecule has 80 valence electrons. The Morgan fingerprint density at radius 3 is 2.40 bits per heavy atom. The lowest BCUT2D eigenvalue weighted by atomic mass is 10.1. The van der Waals surface area contributed by atoms with Gasteiger partial charge in [-0.1, -0.05) is 37.0 Å². The van der Waals surface area contributed by atoms with E-state index in [1.807, 2.05) is 44.2 Å². The first kappa shape index (κ1) is 13.2. The molecule has 0 bridgehead atoms. The van der Waals surface area contributed by atoms with Crippen molar-refractivity contribution in [2.75, 3.05) is 0 Å². The van der Waals surface area contributed by atoms with E-state index in [1.54, 1.807) is 12.3 Å². The Morgan fingerprint density at radius 2 is 1.93 bits per heavy atom. The number of nitrogens with two attached hydrogens (primary N) is 1. The maximum Gasteiger partial charge on any atom is 0.0712 e. The first-order valence-electron chi connectivity index (χ1n) is 4.83. The summed E-state index contributed by atoms with van der Waals surface area (Å²) < 4.78 is 0. The zero-order chi connectivity index (χ0) is 11.5. The van der Waals surface area contributed by atoms with Crippen LogP contribution in [0.2, 0.25) is 0 Å². The lowest BCUT2D eigenvalue weighted by Crippen LogP contribution is -1.99. The van der Waals surface area contributed by atoms with Gasteiger partial charge >= 0.3 is 0 Å². The quantitative estimate of drug-likeness (QED) is 0.540. The lowest BCUT2D eigenvalue weighted by Gasteiger charge is -1.99. The molecule has 2 heteroatoms. The molecule has 0 radical (unpaired) electrons. The first-order chi connectivity index (χ1) is 7.29. The van der Waals surface area contributed by atoms with Gasteiger partial charge in [0.25, 0.3) is 0 Å². The van der Waals surface area contributed by atoms with E-state index >= 15 is 0 Å². The number of aliphatic imine (C=N–C) groups is 1. The highest BCUT2D eigenvalue weighted by Crippen LogP contribution is 2.02. The fourth-order valence-corrected chi connectivity index (χ4v) is 0.925. The Bertz CT molecular complexity index is 328. The second-order valence-corrected chi connectivity index (χ2v) is 2.71. The normalized spacial score (nSPS) is 14.5. The van der Waals surface area contributed by atoms with Gasteiger partial charge in [-0.05, 0) is 19.9 Å². The van der Waals surface area contributed by atoms with Crippen molar-refractivity contribution < 1.29 is 0 Å². The first-order valence-corrected chi connectivity index (χ1v) is 4.83. The van der Waals surface area contributed by atoms with Crippen molar-refractivity contribution in [1.82, 2.24) is 0 Å². The molecule has 0 aliphatic carbocycles. The van der Waals surface area contributed by atoms with Crippen LogP contribution in [0.3, 0.4) is 0 Å². The van der Waals surface area contributed by atoms with Gasteiger partial charge in [-0.2, -0.15) is 0 Å². The van der Waals surface area contributed by atoms with Crippen LogP contribution in [-0.4, -0.2) is 5.71 Å². The molecule has 0 unspecified atom stereocenters. The van der Waals surface area contributed by atoms with Crippen LogP contribution >= 0.6 is 0 Å². The average molecular weight is 202 g/mol. The molecule has 0 aliphatic rings. The largest absolute Gasteiger partial charge is 0.404 e. The van der Waals surface area contributed by atoms with E-state index in [0.29, 0.717) is 0 Å². The monoisotopic (exact) mass is 202 g/mol. The van der Waals surface area contributed by atoms with E-state index < -0.39 is 0 Å². The third kappa shape index (κ3) is 5.47. The third-order valence-electron chi connectivity index (χ3n) is 1.57. The van der Waals surface area contributed by atoms with Gasteiger partial charge in [0, 0.05) is 18.0 Å². The number of allylic oxidation sites excluding steroid dienone is 7. The molecule has 15 heavy (non-hydrogen) atoms. The van der Waals surface area contributed by atoms with E-state index in [4.69, 9.17) is 5.73 Å². The number of rotatable bonds is 5. The van der Waals surface area contributed by atoms with Crippen LogP contribution in [0.5, 0.6) is 0 Å².